The minimum atomic E-state index is -0.594. The summed E-state index contributed by atoms with van der Waals surface area (Å²) in [4.78, 5) is 36.5. The highest BCUT2D eigenvalue weighted by Crippen LogP contribution is 2.20. The van der Waals surface area contributed by atoms with Gasteiger partial charge < -0.3 is 10.2 Å². The van der Waals surface area contributed by atoms with Crippen LogP contribution >= 0.6 is 0 Å². The van der Waals surface area contributed by atoms with Gasteiger partial charge in [0.25, 0.3) is 5.91 Å². The first-order chi connectivity index (χ1) is 9.88. The number of likely N-dealkylation sites (tertiary alicyclic amines) is 1. The number of benzene rings is 1. The summed E-state index contributed by atoms with van der Waals surface area (Å²) in [7, 11) is 0. The number of halogens is 1. The normalized spacial score (nSPS) is 18.5. The van der Waals surface area contributed by atoms with Crippen LogP contribution in [-0.4, -0.2) is 35.6 Å². The Morgan fingerprint density at radius 2 is 2.10 bits per heavy atom. The summed E-state index contributed by atoms with van der Waals surface area (Å²) in [5, 5.41) is 2.35. The van der Waals surface area contributed by atoms with Gasteiger partial charge in [0.05, 0.1) is 5.69 Å². The number of rotatable bonds is 2. The molecule has 1 heterocycles. The molecule has 2 rings (SSSR count). The average Bonchev–Trinajstić information content (AvgIpc) is 2.43. The van der Waals surface area contributed by atoms with E-state index in [1.54, 1.807) is 11.8 Å². The van der Waals surface area contributed by atoms with Crippen molar-refractivity contribution in [2.45, 2.75) is 20.3 Å². The number of nitrogens with one attached hydrogen (secondary N) is 1. The number of hydrogen-bond acceptors (Lipinski definition) is 3. The lowest BCUT2D eigenvalue weighted by Gasteiger charge is -2.30. The fourth-order valence-electron chi connectivity index (χ4n) is 2.33. The summed E-state index contributed by atoms with van der Waals surface area (Å²) in [5.41, 5.74) is 0.274. The van der Waals surface area contributed by atoms with Crippen molar-refractivity contribution in [1.82, 2.24) is 4.90 Å². The van der Waals surface area contributed by atoms with Crippen molar-refractivity contribution >= 4 is 23.3 Å². The van der Waals surface area contributed by atoms with Crippen LogP contribution in [0.25, 0.3) is 0 Å². The Morgan fingerprint density at radius 3 is 2.71 bits per heavy atom. The minimum Gasteiger partial charge on any atom is -0.337 e. The van der Waals surface area contributed by atoms with Gasteiger partial charge in [-0.25, -0.2) is 4.39 Å². The zero-order valence-corrected chi connectivity index (χ0v) is 12.0. The van der Waals surface area contributed by atoms with Crippen molar-refractivity contribution in [3.8, 4) is 0 Å². The van der Waals surface area contributed by atoms with Crippen LogP contribution in [0.3, 0.4) is 0 Å². The van der Waals surface area contributed by atoms with Gasteiger partial charge in [0, 0.05) is 37.9 Å². The number of carbonyl (C=O) groups is 3. The molecule has 0 aliphatic carbocycles. The fourth-order valence-corrected chi connectivity index (χ4v) is 2.33. The third kappa shape index (κ3) is 3.45. The first kappa shape index (κ1) is 15.2. The van der Waals surface area contributed by atoms with E-state index in [0.717, 1.165) is 6.07 Å². The topological polar surface area (TPSA) is 66.5 Å². The number of hydrogen-bond donors (Lipinski definition) is 1. The van der Waals surface area contributed by atoms with Crippen LogP contribution in [-0.2, 0) is 9.59 Å². The van der Waals surface area contributed by atoms with Gasteiger partial charge in [-0.05, 0) is 18.2 Å². The largest absolute Gasteiger partial charge is 0.337 e. The predicted octanol–water partition coefficient (Wildman–Crippen LogP) is 1.84. The third-order valence-corrected chi connectivity index (χ3v) is 3.48. The maximum absolute atomic E-state index is 13.6. The lowest BCUT2D eigenvalue weighted by molar-refractivity contribution is -0.124. The molecule has 0 radical (unpaired) electrons. The van der Waals surface area contributed by atoms with E-state index in [1.165, 1.54) is 19.1 Å². The predicted molar refractivity (Wildman–Crippen MR) is 75.4 cm³/mol. The molecule has 0 aromatic heterocycles. The molecular weight excluding hydrogens is 275 g/mol. The summed E-state index contributed by atoms with van der Waals surface area (Å²) >= 11 is 0. The van der Waals surface area contributed by atoms with Gasteiger partial charge >= 0.3 is 0 Å². The number of amides is 2. The highest BCUT2D eigenvalue weighted by atomic mass is 19.1. The lowest BCUT2D eigenvalue weighted by Crippen LogP contribution is -2.43. The summed E-state index contributed by atoms with van der Waals surface area (Å²) in [5.74, 6) is -1.30. The number of anilines is 1. The third-order valence-electron chi connectivity index (χ3n) is 3.48. The highest BCUT2D eigenvalue weighted by molar-refractivity contribution is 5.98. The zero-order valence-electron chi connectivity index (χ0n) is 12.0. The summed E-state index contributed by atoms with van der Waals surface area (Å²) < 4.78 is 13.6. The Labute approximate surface area is 122 Å². The van der Waals surface area contributed by atoms with E-state index in [2.05, 4.69) is 5.32 Å². The maximum Gasteiger partial charge on any atom is 0.253 e. The van der Waals surface area contributed by atoms with Crippen LogP contribution in [0.5, 0.6) is 0 Å². The van der Waals surface area contributed by atoms with E-state index in [0.29, 0.717) is 25.1 Å². The Bertz CT molecular complexity index is 601. The quantitative estimate of drug-likeness (QED) is 0.904. The van der Waals surface area contributed by atoms with Crippen molar-refractivity contribution in [2.24, 2.45) is 5.92 Å². The molecule has 1 unspecified atom stereocenters. The summed E-state index contributed by atoms with van der Waals surface area (Å²) in [6, 6.07) is 3.85. The summed E-state index contributed by atoms with van der Waals surface area (Å²) in [6.45, 7) is 3.79. The fraction of sp³-hybridized carbons (Fsp3) is 0.400. The van der Waals surface area contributed by atoms with Crippen molar-refractivity contribution in [3.63, 3.8) is 0 Å². The minimum absolute atomic E-state index is 0.0190. The second-order valence-corrected chi connectivity index (χ2v) is 5.24. The van der Waals surface area contributed by atoms with Gasteiger partial charge in [0.15, 0.2) is 0 Å². The van der Waals surface area contributed by atoms with E-state index in [1.807, 2.05) is 0 Å². The first-order valence-electron chi connectivity index (χ1n) is 6.77. The molecule has 112 valence electrons. The second kappa shape index (κ2) is 6.03. The molecule has 6 heteroatoms. The molecule has 1 aliphatic rings. The molecule has 1 fully saturated rings. The first-order valence-corrected chi connectivity index (χ1v) is 6.77. The van der Waals surface area contributed by atoms with Gasteiger partial charge in [-0.1, -0.05) is 6.92 Å². The zero-order chi connectivity index (χ0) is 15.6. The smallest absolute Gasteiger partial charge is 0.253 e. The SMILES string of the molecule is CC(=O)Nc1cc(C(=O)N2CCC(=O)C(C)C2)ccc1F. The van der Waals surface area contributed by atoms with Crippen LogP contribution in [0.1, 0.15) is 30.6 Å². The van der Waals surface area contributed by atoms with E-state index >= 15 is 0 Å². The molecule has 2 amide bonds. The van der Waals surface area contributed by atoms with E-state index in [-0.39, 0.29) is 23.3 Å². The number of piperidine rings is 1. The molecule has 1 aromatic rings. The Morgan fingerprint density at radius 1 is 1.38 bits per heavy atom. The Hall–Kier alpha value is -2.24. The molecular formula is C15H17FN2O3. The molecule has 0 bridgehead atoms. The molecule has 1 atom stereocenters. The van der Waals surface area contributed by atoms with Crippen LogP contribution in [0, 0.1) is 11.7 Å². The molecule has 5 nitrogen and oxygen atoms in total. The molecule has 1 saturated heterocycles. The molecule has 1 N–H and O–H groups in total. The lowest BCUT2D eigenvalue weighted by atomic mass is 9.98. The van der Waals surface area contributed by atoms with Gasteiger partial charge in [0.2, 0.25) is 5.91 Å². The highest BCUT2D eigenvalue weighted by Gasteiger charge is 2.27. The molecule has 1 aliphatic heterocycles. The van der Waals surface area contributed by atoms with E-state index < -0.39 is 11.7 Å². The number of carbonyl (C=O) groups excluding carboxylic acids is 3. The number of nitrogens with zero attached hydrogens (tertiary/aromatic N) is 1. The van der Waals surface area contributed by atoms with Crippen molar-refractivity contribution in [1.29, 1.82) is 0 Å². The van der Waals surface area contributed by atoms with Crippen LogP contribution in [0.4, 0.5) is 10.1 Å². The number of ketones is 1. The van der Waals surface area contributed by atoms with Crippen LogP contribution in [0.2, 0.25) is 0 Å². The van der Waals surface area contributed by atoms with Crippen molar-refractivity contribution in [3.05, 3.63) is 29.6 Å². The molecule has 0 spiro atoms. The average molecular weight is 292 g/mol. The Kier molecular flexibility index (Phi) is 4.35. The monoisotopic (exact) mass is 292 g/mol. The van der Waals surface area contributed by atoms with Crippen molar-refractivity contribution in [2.75, 3.05) is 18.4 Å². The maximum atomic E-state index is 13.6. The van der Waals surface area contributed by atoms with Gasteiger partial charge in [-0.3, -0.25) is 14.4 Å². The van der Waals surface area contributed by atoms with Crippen LogP contribution < -0.4 is 5.32 Å². The molecule has 1 aromatic carbocycles. The van der Waals surface area contributed by atoms with Gasteiger partial charge in [-0.15, -0.1) is 0 Å². The molecule has 0 saturated carbocycles. The summed E-state index contributed by atoms with van der Waals surface area (Å²) in [6.07, 6.45) is 0.340. The number of Topliss-reactive ketones (excluding diaryl/α,β-unsaturated/α-hetero) is 1. The van der Waals surface area contributed by atoms with Crippen LogP contribution in [0.15, 0.2) is 18.2 Å². The van der Waals surface area contributed by atoms with E-state index in [9.17, 15) is 18.8 Å². The Balaban J connectivity index is 2.19. The van der Waals surface area contributed by atoms with Gasteiger partial charge in [-0.2, -0.15) is 0 Å². The second-order valence-electron chi connectivity index (χ2n) is 5.24. The molecule has 21 heavy (non-hydrogen) atoms. The van der Waals surface area contributed by atoms with Crippen molar-refractivity contribution < 1.29 is 18.8 Å². The standard InChI is InChI=1S/C15H17FN2O3/c1-9-8-18(6-5-14(9)20)15(21)11-3-4-12(16)13(7-11)17-10(2)19/h3-4,7,9H,5-6,8H2,1-2H3,(H,17,19). The van der Waals surface area contributed by atoms with Gasteiger partial charge in [0.1, 0.15) is 11.6 Å². The van der Waals surface area contributed by atoms with E-state index in [4.69, 9.17) is 0 Å².